The van der Waals surface area contributed by atoms with Gasteiger partial charge in [-0.1, -0.05) is 25.5 Å². The minimum atomic E-state index is -0.463. The fourth-order valence-corrected chi connectivity index (χ4v) is 2.63. The highest BCUT2D eigenvalue weighted by Crippen LogP contribution is 2.40. The third-order valence-electron chi connectivity index (χ3n) is 3.50. The zero-order chi connectivity index (χ0) is 11.4. The molecule has 0 aromatic rings. The molecule has 0 radical (unpaired) electrons. The maximum atomic E-state index is 8.96. The summed E-state index contributed by atoms with van der Waals surface area (Å²) in [6.45, 7) is 8.20. The Balaban J connectivity index is 2.84. The Labute approximate surface area is 92.2 Å². The van der Waals surface area contributed by atoms with E-state index in [1.165, 1.54) is 6.42 Å². The molecule has 0 aromatic heterocycles. The SMILES string of the molecule is C=C(C)[C@@H]1CC[C@@H](C)C[C@H]1C(C#N)C#N. The molecule has 2 heteroatoms. The summed E-state index contributed by atoms with van der Waals surface area (Å²) < 4.78 is 0. The first-order chi connectivity index (χ1) is 7.10. The lowest BCUT2D eigenvalue weighted by Crippen LogP contribution is -2.29. The number of nitrogens with zero attached hydrogens (tertiary/aromatic N) is 2. The topological polar surface area (TPSA) is 47.6 Å². The van der Waals surface area contributed by atoms with Crippen molar-refractivity contribution in [3.63, 3.8) is 0 Å². The van der Waals surface area contributed by atoms with Crippen LogP contribution in [-0.2, 0) is 0 Å². The van der Waals surface area contributed by atoms with Gasteiger partial charge in [0.15, 0.2) is 0 Å². The van der Waals surface area contributed by atoms with Crippen molar-refractivity contribution in [3.05, 3.63) is 12.2 Å². The van der Waals surface area contributed by atoms with Gasteiger partial charge in [-0.15, -0.1) is 0 Å². The van der Waals surface area contributed by atoms with Gasteiger partial charge in [0.25, 0.3) is 0 Å². The largest absolute Gasteiger partial charge is 0.197 e. The van der Waals surface area contributed by atoms with Crippen molar-refractivity contribution in [2.75, 3.05) is 0 Å². The molecule has 0 bridgehead atoms. The van der Waals surface area contributed by atoms with Crippen molar-refractivity contribution in [1.29, 1.82) is 10.5 Å². The number of rotatable bonds is 2. The van der Waals surface area contributed by atoms with Crippen molar-refractivity contribution in [1.82, 2.24) is 0 Å². The fraction of sp³-hybridized carbons (Fsp3) is 0.692. The van der Waals surface area contributed by atoms with E-state index < -0.39 is 5.92 Å². The Hall–Kier alpha value is -1.28. The lowest BCUT2D eigenvalue weighted by Gasteiger charge is -2.35. The molecule has 1 aliphatic carbocycles. The zero-order valence-corrected chi connectivity index (χ0v) is 9.53. The maximum Gasteiger partial charge on any atom is 0.136 e. The molecule has 80 valence electrons. The first kappa shape index (κ1) is 11.8. The van der Waals surface area contributed by atoms with Gasteiger partial charge in [0, 0.05) is 0 Å². The predicted molar refractivity (Wildman–Crippen MR) is 59.5 cm³/mol. The number of hydrogen-bond donors (Lipinski definition) is 0. The van der Waals surface area contributed by atoms with E-state index in [9.17, 15) is 0 Å². The number of hydrogen-bond acceptors (Lipinski definition) is 2. The van der Waals surface area contributed by atoms with Gasteiger partial charge in [-0.25, -0.2) is 0 Å². The summed E-state index contributed by atoms with van der Waals surface area (Å²) in [5.74, 6) is 0.732. The number of allylic oxidation sites excluding steroid dienone is 1. The summed E-state index contributed by atoms with van der Waals surface area (Å²) >= 11 is 0. The normalized spacial score (nSPS) is 30.6. The highest BCUT2D eigenvalue weighted by Gasteiger charge is 2.34. The Morgan fingerprint density at radius 2 is 1.93 bits per heavy atom. The van der Waals surface area contributed by atoms with E-state index in [1.807, 2.05) is 6.92 Å². The van der Waals surface area contributed by atoms with Gasteiger partial charge in [0.1, 0.15) is 5.92 Å². The van der Waals surface area contributed by atoms with Gasteiger partial charge >= 0.3 is 0 Å². The van der Waals surface area contributed by atoms with Crippen molar-refractivity contribution in [2.24, 2.45) is 23.7 Å². The van der Waals surface area contributed by atoms with Crippen LogP contribution in [0.1, 0.15) is 33.1 Å². The van der Waals surface area contributed by atoms with Crippen LogP contribution in [0.4, 0.5) is 0 Å². The smallest absolute Gasteiger partial charge is 0.136 e. The van der Waals surface area contributed by atoms with Gasteiger partial charge in [-0.3, -0.25) is 0 Å². The van der Waals surface area contributed by atoms with Crippen molar-refractivity contribution < 1.29 is 0 Å². The summed E-state index contributed by atoms with van der Waals surface area (Å²) in [4.78, 5) is 0. The molecule has 1 aliphatic rings. The molecule has 1 rings (SSSR count). The monoisotopic (exact) mass is 202 g/mol. The molecular formula is C13H18N2. The van der Waals surface area contributed by atoms with E-state index in [1.54, 1.807) is 0 Å². The van der Waals surface area contributed by atoms with Crippen LogP contribution in [0.5, 0.6) is 0 Å². The summed E-state index contributed by atoms with van der Waals surface area (Å²) in [6, 6.07) is 4.25. The first-order valence-electron chi connectivity index (χ1n) is 5.54. The van der Waals surface area contributed by atoms with Gasteiger partial charge in [-0.2, -0.15) is 10.5 Å². The molecule has 1 fully saturated rings. The van der Waals surface area contributed by atoms with Crippen LogP contribution in [0.25, 0.3) is 0 Å². The molecule has 0 saturated heterocycles. The van der Waals surface area contributed by atoms with Crippen LogP contribution >= 0.6 is 0 Å². The minimum Gasteiger partial charge on any atom is -0.197 e. The third kappa shape index (κ3) is 2.60. The summed E-state index contributed by atoms with van der Waals surface area (Å²) in [5, 5.41) is 17.9. The van der Waals surface area contributed by atoms with E-state index in [4.69, 9.17) is 10.5 Å². The van der Waals surface area contributed by atoms with Crippen LogP contribution in [-0.4, -0.2) is 0 Å². The second-order valence-electron chi connectivity index (χ2n) is 4.77. The highest BCUT2D eigenvalue weighted by atomic mass is 14.4. The quantitative estimate of drug-likeness (QED) is 0.645. The molecule has 0 heterocycles. The molecule has 0 aromatic carbocycles. The van der Waals surface area contributed by atoms with Gasteiger partial charge in [0.2, 0.25) is 0 Å². The average molecular weight is 202 g/mol. The standard InChI is InChI=1S/C13H18N2/c1-9(2)12-5-4-10(3)6-13(12)11(7-14)8-15/h10-13H,1,4-6H2,2-3H3/t10-,12+,13+/m1/s1. The molecule has 2 nitrogen and oxygen atoms in total. The Morgan fingerprint density at radius 3 is 2.40 bits per heavy atom. The summed E-state index contributed by atoms with van der Waals surface area (Å²) in [6.07, 6.45) is 3.27. The number of nitriles is 2. The molecule has 0 N–H and O–H groups in total. The van der Waals surface area contributed by atoms with E-state index in [0.29, 0.717) is 11.8 Å². The molecule has 0 spiro atoms. The fourth-order valence-electron chi connectivity index (χ4n) is 2.63. The van der Waals surface area contributed by atoms with E-state index >= 15 is 0 Å². The summed E-state index contributed by atoms with van der Waals surface area (Å²) in [5.41, 5.74) is 1.13. The molecule has 15 heavy (non-hydrogen) atoms. The van der Waals surface area contributed by atoms with E-state index in [-0.39, 0.29) is 5.92 Å². The van der Waals surface area contributed by atoms with Gasteiger partial charge in [0.05, 0.1) is 12.1 Å². The molecule has 0 aliphatic heterocycles. The van der Waals surface area contributed by atoms with Gasteiger partial charge < -0.3 is 0 Å². The molecule has 1 saturated carbocycles. The Kier molecular flexibility index (Phi) is 3.92. The molecule has 3 atom stereocenters. The molecular weight excluding hydrogens is 184 g/mol. The van der Waals surface area contributed by atoms with Crippen LogP contribution in [0.15, 0.2) is 12.2 Å². The minimum absolute atomic E-state index is 0.196. The second-order valence-corrected chi connectivity index (χ2v) is 4.77. The summed E-state index contributed by atoms with van der Waals surface area (Å²) in [7, 11) is 0. The lowest BCUT2D eigenvalue weighted by atomic mass is 9.67. The maximum absolute atomic E-state index is 8.96. The van der Waals surface area contributed by atoms with Crippen LogP contribution in [0.2, 0.25) is 0 Å². The first-order valence-corrected chi connectivity index (χ1v) is 5.54. The predicted octanol–water partition coefficient (Wildman–Crippen LogP) is 3.28. The third-order valence-corrected chi connectivity index (χ3v) is 3.50. The van der Waals surface area contributed by atoms with Gasteiger partial charge in [-0.05, 0) is 37.5 Å². The van der Waals surface area contributed by atoms with Crippen molar-refractivity contribution in [3.8, 4) is 12.1 Å². The zero-order valence-electron chi connectivity index (χ0n) is 9.53. The Bertz CT molecular complexity index is 304. The second kappa shape index (κ2) is 4.99. The average Bonchev–Trinajstić information content (AvgIpc) is 2.19. The molecule has 0 unspecified atom stereocenters. The molecule has 0 amide bonds. The lowest BCUT2D eigenvalue weighted by molar-refractivity contribution is 0.196. The van der Waals surface area contributed by atoms with Crippen molar-refractivity contribution in [2.45, 2.75) is 33.1 Å². The van der Waals surface area contributed by atoms with Crippen LogP contribution < -0.4 is 0 Å². The van der Waals surface area contributed by atoms with Crippen molar-refractivity contribution >= 4 is 0 Å². The highest BCUT2D eigenvalue weighted by molar-refractivity contribution is 5.11. The Morgan fingerprint density at radius 1 is 1.33 bits per heavy atom. The van der Waals surface area contributed by atoms with E-state index in [0.717, 1.165) is 18.4 Å². The van der Waals surface area contributed by atoms with Crippen LogP contribution in [0.3, 0.4) is 0 Å². The van der Waals surface area contributed by atoms with E-state index in [2.05, 4.69) is 25.6 Å². The van der Waals surface area contributed by atoms with Crippen LogP contribution in [0, 0.1) is 46.3 Å².